The Labute approximate surface area is 214 Å². The van der Waals surface area contributed by atoms with Crippen molar-refractivity contribution in [2.75, 3.05) is 40.0 Å². The molecule has 1 unspecified atom stereocenters. The van der Waals surface area contributed by atoms with E-state index in [-0.39, 0.29) is 11.8 Å². The number of halogens is 1. The van der Waals surface area contributed by atoms with Crippen LogP contribution in [-0.2, 0) is 17.9 Å². The molecule has 1 atom stereocenters. The maximum atomic E-state index is 13.7. The van der Waals surface area contributed by atoms with Gasteiger partial charge in [-0.2, -0.15) is 0 Å². The molecule has 1 saturated heterocycles. The SMILES string of the molecule is COc1c(C)cccc1CN1CCC(C(=O)N(Cc2cc(Cl)c3c(c2)OCCCO3)CC(C)C)C1. The first-order valence-corrected chi connectivity index (χ1v) is 12.9. The van der Waals surface area contributed by atoms with Crippen molar-refractivity contribution in [1.29, 1.82) is 0 Å². The van der Waals surface area contributed by atoms with Gasteiger partial charge in [0.05, 0.1) is 31.3 Å². The van der Waals surface area contributed by atoms with Crippen molar-refractivity contribution in [2.45, 2.75) is 46.7 Å². The molecule has 2 aliphatic rings. The van der Waals surface area contributed by atoms with E-state index in [0.717, 1.165) is 49.4 Å². The molecule has 1 amide bonds. The van der Waals surface area contributed by atoms with E-state index in [9.17, 15) is 4.79 Å². The van der Waals surface area contributed by atoms with Gasteiger partial charge in [0.2, 0.25) is 5.91 Å². The standard InChI is InChI=1S/C28H37ClN2O4/c1-19(2)15-31(16-21-13-24(29)27-25(14-21)34-11-6-12-35-27)28(32)23-9-10-30(18-23)17-22-8-5-7-20(3)26(22)33-4/h5,7-8,13-14,19,23H,6,9-12,15-18H2,1-4H3. The Bertz CT molecular complexity index is 1040. The molecule has 1 fully saturated rings. The Hall–Kier alpha value is -2.44. The van der Waals surface area contributed by atoms with Gasteiger partial charge in [0.1, 0.15) is 5.75 Å². The first-order valence-electron chi connectivity index (χ1n) is 12.6. The fourth-order valence-corrected chi connectivity index (χ4v) is 5.36. The average molecular weight is 501 g/mol. The van der Waals surface area contributed by atoms with Crippen LogP contribution in [0.5, 0.6) is 17.2 Å². The molecule has 4 rings (SSSR count). The molecule has 0 N–H and O–H groups in total. The van der Waals surface area contributed by atoms with E-state index >= 15 is 0 Å². The molecule has 35 heavy (non-hydrogen) atoms. The normalized spacial score (nSPS) is 17.9. The van der Waals surface area contributed by atoms with Gasteiger partial charge in [0.15, 0.2) is 11.5 Å². The summed E-state index contributed by atoms with van der Waals surface area (Å²) >= 11 is 6.52. The zero-order valence-electron chi connectivity index (χ0n) is 21.3. The number of aryl methyl sites for hydroxylation is 1. The number of carbonyl (C=O) groups excluding carboxylic acids is 1. The van der Waals surface area contributed by atoms with Crippen molar-refractivity contribution < 1.29 is 19.0 Å². The Morgan fingerprint density at radius 2 is 2.06 bits per heavy atom. The fourth-order valence-electron chi connectivity index (χ4n) is 5.08. The molecule has 6 nitrogen and oxygen atoms in total. The lowest BCUT2D eigenvalue weighted by molar-refractivity contribution is -0.136. The van der Waals surface area contributed by atoms with Gasteiger partial charge in [0, 0.05) is 38.2 Å². The predicted octanol–water partition coefficient (Wildman–Crippen LogP) is 5.33. The van der Waals surface area contributed by atoms with Crippen LogP contribution in [0.3, 0.4) is 0 Å². The van der Waals surface area contributed by atoms with Gasteiger partial charge < -0.3 is 19.1 Å². The van der Waals surface area contributed by atoms with Crippen LogP contribution in [0.15, 0.2) is 30.3 Å². The van der Waals surface area contributed by atoms with Crippen LogP contribution >= 0.6 is 11.6 Å². The highest BCUT2D eigenvalue weighted by Crippen LogP contribution is 2.38. The minimum absolute atomic E-state index is 0.0135. The number of ether oxygens (including phenoxy) is 3. The number of fused-ring (bicyclic) bond motifs is 1. The van der Waals surface area contributed by atoms with E-state index in [2.05, 4.69) is 43.9 Å². The summed E-state index contributed by atoms with van der Waals surface area (Å²) in [7, 11) is 1.72. The van der Waals surface area contributed by atoms with Gasteiger partial charge in [-0.15, -0.1) is 0 Å². The summed E-state index contributed by atoms with van der Waals surface area (Å²) in [5.74, 6) is 2.77. The molecule has 2 aliphatic heterocycles. The number of para-hydroxylation sites is 1. The Balaban J connectivity index is 1.46. The first kappa shape index (κ1) is 25.6. The van der Waals surface area contributed by atoms with Gasteiger partial charge in [-0.05, 0) is 49.1 Å². The van der Waals surface area contributed by atoms with Gasteiger partial charge in [-0.3, -0.25) is 9.69 Å². The molecule has 0 radical (unpaired) electrons. The monoisotopic (exact) mass is 500 g/mol. The third kappa shape index (κ3) is 6.22. The maximum Gasteiger partial charge on any atom is 0.227 e. The number of likely N-dealkylation sites (tertiary alicyclic amines) is 1. The molecule has 2 heterocycles. The van der Waals surface area contributed by atoms with Crippen LogP contribution in [0.25, 0.3) is 0 Å². The second-order valence-corrected chi connectivity index (χ2v) is 10.5. The smallest absolute Gasteiger partial charge is 0.227 e. The highest BCUT2D eigenvalue weighted by molar-refractivity contribution is 6.32. The minimum Gasteiger partial charge on any atom is -0.496 e. The van der Waals surface area contributed by atoms with E-state index in [1.165, 1.54) is 5.56 Å². The summed E-state index contributed by atoms with van der Waals surface area (Å²) in [6, 6.07) is 10.1. The van der Waals surface area contributed by atoms with Crippen LogP contribution < -0.4 is 14.2 Å². The fraction of sp³-hybridized carbons (Fsp3) is 0.536. The molecular weight excluding hydrogens is 464 g/mol. The lowest BCUT2D eigenvalue weighted by Gasteiger charge is -2.28. The zero-order chi connectivity index (χ0) is 24.9. The molecule has 0 aromatic heterocycles. The molecule has 0 bridgehead atoms. The van der Waals surface area contributed by atoms with E-state index in [1.807, 2.05) is 17.0 Å². The van der Waals surface area contributed by atoms with E-state index in [4.69, 9.17) is 25.8 Å². The third-order valence-corrected chi connectivity index (χ3v) is 6.93. The molecule has 2 aromatic carbocycles. The van der Waals surface area contributed by atoms with Crippen LogP contribution in [0, 0.1) is 18.8 Å². The van der Waals surface area contributed by atoms with Gasteiger partial charge in [0.25, 0.3) is 0 Å². The summed E-state index contributed by atoms with van der Waals surface area (Å²) in [5.41, 5.74) is 3.27. The topological polar surface area (TPSA) is 51.2 Å². The molecular formula is C28H37ClN2O4. The van der Waals surface area contributed by atoms with Crippen molar-refractivity contribution in [3.8, 4) is 17.2 Å². The molecule has 2 aromatic rings. The summed E-state index contributed by atoms with van der Waals surface area (Å²) in [4.78, 5) is 18.0. The van der Waals surface area contributed by atoms with E-state index in [0.29, 0.717) is 48.7 Å². The lowest BCUT2D eigenvalue weighted by atomic mass is 10.0. The predicted molar refractivity (Wildman–Crippen MR) is 138 cm³/mol. The number of hydrogen-bond acceptors (Lipinski definition) is 5. The molecule has 7 heteroatoms. The minimum atomic E-state index is -0.0135. The second-order valence-electron chi connectivity index (χ2n) is 10.1. The van der Waals surface area contributed by atoms with Crippen molar-refractivity contribution in [2.24, 2.45) is 11.8 Å². The van der Waals surface area contributed by atoms with Crippen LogP contribution in [0.2, 0.25) is 5.02 Å². The Morgan fingerprint density at radius 1 is 1.26 bits per heavy atom. The van der Waals surface area contributed by atoms with Crippen LogP contribution in [0.1, 0.15) is 43.4 Å². The van der Waals surface area contributed by atoms with Crippen molar-refractivity contribution >= 4 is 17.5 Å². The van der Waals surface area contributed by atoms with Gasteiger partial charge in [-0.25, -0.2) is 0 Å². The van der Waals surface area contributed by atoms with E-state index in [1.54, 1.807) is 7.11 Å². The summed E-state index contributed by atoms with van der Waals surface area (Å²) < 4.78 is 17.3. The number of carbonyl (C=O) groups is 1. The maximum absolute atomic E-state index is 13.7. The Kier molecular flexibility index (Phi) is 8.45. The molecule has 0 aliphatic carbocycles. The first-order chi connectivity index (χ1) is 16.9. The van der Waals surface area contributed by atoms with Crippen molar-refractivity contribution in [3.05, 3.63) is 52.0 Å². The Morgan fingerprint density at radius 3 is 2.83 bits per heavy atom. The zero-order valence-corrected chi connectivity index (χ0v) is 22.1. The number of nitrogens with zero attached hydrogens (tertiary/aromatic N) is 2. The molecule has 0 spiro atoms. The summed E-state index contributed by atoms with van der Waals surface area (Å²) in [6.07, 6.45) is 1.69. The van der Waals surface area contributed by atoms with Gasteiger partial charge >= 0.3 is 0 Å². The number of amides is 1. The van der Waals surface area contributed by atoms with E-state index < -0.39 is 0 Å². The highest BCUT2D eigenvalue weighted by Gasteiger charge is 2.32. The highest BCUT2D eigenvalue weighted by atomic mass is 35.5. The number of benzene rings is 2. The average Bonchev–Trinajstić information content (AvgIpc) is 3.14. The van der Waals surface area contributed by atoms with Crippen molar-refractivity contribution in [1.82, 2.24) is 9.80 Å². The third-order valence-electron chi connectivity index (χ3n) is 6.65. The molecule has 0 saturated carbocycles. The lowest BCUT2D eigenvalue weighted by Crippen LogP contribution is -2.39. The largest absolute Gasteiger partial charge is 0.496 e. The van der Waals surface area contributed by atoms with Gasteiger partial charge in [-0.1, -0.05) is 43.6 Å². The quantitative estimate of drug-likeness (QED) is 0.490. The summed E-state index contributed by atoms with van der Waals surface area (Å²) in [6.45, 7) is 11.2. The van der Waals surface area contributed by atoms with Crippen LogP contribution in [0.4, 0.5) is 0 Å². The number of hydrogen-bond donors (Lipinski definition) is 0. The van der Waals surface area contributed by atoms with Crippen molar-refractivity contribution in [3.63, 3.8) is 0 Å². The van der Waals surface area contributed by atoms with Crippen LogP contribution in [-0.4, -0.2) is 55.7 Å². The summed E-state index contributed by atoms with van der Waals surface area (Å²) in [5, 5.41) is 0.537. The molecule has 190 valence electrons. The second kappa shape index (κ2) is 11.5. The number of methoxy groups -OCH3 is 1. The number of rotatable bonds is 8.